The zero-order valence-corrected chi connectivity index (χ0v) is 12.9. The fourth-order valence-corrected chi connectivity index (χ4v) is 2.40. The lowest BCUT2D eigenvalue weighted by molar-refractivity contribution is 0.399. The van der Waals surface area contributed by atoms with E-state index in [2.05, 4.69) is 9.97 Å². The maximum absolute atomic E-state index is 9.82. The van der Waals surface area contributed by atoms with E-state index < -0.39 is 0 Å². The third-order valence-electron chi connectivity index (χ3n) is 3.78. The zero-order valence-electron chi connectivity index (χ0n) is 12.9. The predicted molar refractivity (Wildman–Crippen MR) is 89.4 cm³/mol. The van der Waals surface area contributed by atoms with Gasteiger partial charge in [-0.1, -0.05) is 24.3 Å². The molecular formula is C19H18N2O2. The van der Waals surface area contributed by atoms with Gasteiger partial charge in [0, 0.05) is 12.4 Å². The standard InChI is InChI=1S/C19H18N2O2/c1-13-5-9-16(20-11-13)17-10-7-14(12-21-17)6-8-15-3-2-4-18(22)19(15)23/h2-5,7,9-12,22-23H,6,8H2,1H3. The van der Waals surface area contributed by atoms with Crippen molar-refractivity contribution in [2.24, 2.45) is 0 Å². The number of pyridine rings is 2. The molecule has 3 aromatic rings. The normalized spacial score (nSPS) is 10.7. The van der Waals surface area contributed by atoms with Crippen LogP contribution in [-0.4, -0.2) is 20.2 Å². The number of aromatic hydroxyl groups is 2. The van der Waals surface area contributed by atoms with Crippen molar-refractivity contribution in [1.82, 2.24) is 9.97 Å². The second-order valence-electron chi connectivity index (χ2n) is 5.56. The Kier molecular flexibility index (Phi) is 4.24. The molecular weight excluding hydrogens is 288 g/mol. The van der Waals surface area contributed by atoms with Crippen LogP contribution in [0.1, 0.15) is 16.7 Å². The molecule has 0 saturated carbocycles. The van der Waals surface area contributed by atoms with Gasteiger partial charge in [0.2, 0.25) is 0 Å². The number of hydrogen-bond acceptors (Lipinski definition) is 4. The topological polar surface area (TPSA) is 66.2 Å². The lowest BCUT2D eigenvalue weighted by atomic mass is 10.0. The van der Waals surface area contributed by atoms with Gasteiger partial charge in [0.05, 0.1) is 11.4 Å². The first-order valence-electron chi connectivity index (χ1n) is 7.51. The fraction of sp³-hybridized carbons (Fsp3) is 0.158. The highest BCUT2D eigenvalue weighted by molar-refractivity contribution is 5.54. The van der Waals surface area contributed by atoms with E-state index in [1.165, 1.54) is 6.07 Å². The minimum absolute atomic E-state index is 0.0408. The molecule has 0 aliphatic heterocycles. The maximum Gasteiger partial charge on any atom is 0.160 e. The van der Waals surface area contributed by atoms with Crippen molar-refractivity contribution in [2.45, 2.75) is 19.8 Å². The van der Waals surface area contributed by atoms with Crippen molar-refractivity contribution in [1.29, 1.82) is 0 Å². The third kappa shape index (κ3) is 3.48. The van der Waals surface area contributed by atoms with Gasteiger partial charge in [0.1, 0.15) is 0 Å². The Bertz CT molecular complexity index is 797. The van der Waals surface area contributed by atoms with Crippen LogP contribution in [0.4, 0.5) is 0 Å². The highest BCUT2D eigenvalue weighted by atomic mass is 16.3. The molecule has 4 heteroatoms. The Hall–Kier alpha value is -2.88. The molecule has 23 heavy (non-hydrogen) atoms. The summed E-state index contributed by atoms with van der Waals surface area (Å²) in [6.07, 6.45) is 5.04. The molecule has 3 rings (SSSR count). The molecule has 4 nitrogen and oxygen atoms in total. The Morgan fingerprint density at radius 1 is 0.826 bits per heavy atom. The lowest BCUT2D eigenvalue weighted by Gasteiger charge is -2.07. The van der Waals surface area contributed by atoms with Crippen molar-refractivity contribution in [3.63, 3.8) is 0 Å². The number of phenols is 2. The number of para-hydroxylation sites is 1. The second kappa shape index (κ2) is 6.48. The van der Waals surface area contributed by atoms with E-state index in [0.29, 0.717) is 6.42 Å². The van der Waals surface area contributed by atoms with Crippen molar-refractivity contribution in [3.05, 3.63) is 71.5 Å². The molecule has 1 aromatic carbocycles. The summed E-state index contributed by atoms with van der Waals surface area (Å²) >= 11 is 0. The van der Waals surface area contributed by atoms with Gasteiger partial charge < -0.3 is 10.2 Å². The first-order chi connectivity index (χ1) is 11.1. The molecule has 0 bridgehead atoms. The molecule has 2 aromatic heterocycles. The quantitative estimate of drug-likeness (QED) is 0.722. The Balaban J connectivity index is 1.70. The van der Waals surface area contributed by atoms with Gasteiger partial charge in [-0.2, -0.15) is 0 Å². The summed E-state index contributed by atoms with van der Waals surface area (Å²) in [5.41, 5.74) is 4.62. The van der Waals surface area contributed by atoms with Crippen molar-refractivity contribution >= 4 is 0 Å². The van der Waals surface area contributed by atoms with Gasteiger partial charge in [-0.3, -0.25) is 9.97 Å². The van der Waals surface area contributed by atoms with Crippen LogP contribution in [0, 0.1) is 6.92 Å². The lowest BCUT2D eigenvalue weighted by Crippen LogP contribution is -1.94. The minimum Gasteiger partial charge on any atom is -0.504 e. The predicted octanol–water partition coefficient (Wildman–Crippen LogP) is 3.65. The van der Waals surface area contributed by atoms with E-state index in [1.54, 1.807) is 6.07 Å². The Morgan fingerprint density at radius 2 is 1.57 bits per heavy atom. The molecule has 2 N–H and O–H groups in total. The summed E-state index contributed by atoms with van der Waals surface area (Å²) < 4.78 is 0. The third-order valence-corrected chi connectivity index (χ3v) is 3.78. The highest BCUT2D eigenvalue weighted by Gasteiger charge is 2.06. The summed E-state index contributed by atoms with van der Waals surface area (Å²) in [6, 6.07) is 13.0. The van der Waals surface area contributed by atoms with Crippen molar-refractivity contribution in [2.75, 3.05) is 0 Å². The van der Waals surface area contributed by atoms with Gasteiger partial charge >= 0.3 is 0 Å². The molecule has 0 atom stereocenters. The molecule has 0 spiro atoms. The van der Waals surface area contributed by atoms with Gasteiger partial charge in [0.15, 0.2) is 11.5 Å². The molecule has 2 heterocycles. The number of aromatic nitrogens is 2. The number of phenolic OH excluding ortho intramolecular Hbond substituents is 2. The van der Waals surface area contributed by atoms with Gasteiger partial charge in [-0.15, -0.1) is 0 Å². The number of benzene rings is 1. The fourth-order valence-electron chi connectivity index (χ4n) is 2.40. The number of aryl methyl sites for hydroxylation is 3. The number of nitrogens with zero attached hydrogens (tertiary/aromatic N) is 2. The van der Waals surface area contributed by atoms with Crippen LogP contribution in [0.15, 0.2) is 54.9 Å². The molecule has 116 valence electrons. The minimum atomic E-state index is -0.0820. The van der Waals surface area contributed by atoms with E-state index in [4.69, 9.17) is 0 Å². The SMILES string of the molecule is Cc1ccc(-c2ccc(CCc3cccc(O)c3O)cn2)nc1. The average Bonchev–Trinajstić information content (AvgIpc) is 2.57. The Labute approximate surface area is 135 Å². The molecule has 0 unspecified atom stereocenters. The number of hydrogen-bond donors (Lipinski definition) is 2. The molecule has 0 fully saturated rings. The van der Waals surface area contributed by atoms with Crippen LogP contribution in [0.5, 0.6) is 11.5 Å². The van der Waals surface area contributed by atoms with E-state index in [9.17, 15) is 10.2 Å². The molecule has 0 saturated heterocycles. The van der Waals surface area contributed by atoms with E-state index >= 15 is 0 Å². The van der Waals surface area contributed by atoms with Gasteiger partial charge in [-0.05, 0) is 54.7 Å². The van der Waals surface area contributed by atoms with E-state index in [-0.39, 0.29) is 11.5 Å². The van der Waals surface area contributed by atoms with Crippen LogP contribution in [0.2, 0.25) is 0 Å². The average molecular weight is 306 g/mol. The van der Waals surface area contributed by atoms with Crippen LogP contribution < -0.4 is 0 Å². The molecule has 0 radical (unpaired) electrons. The molecule has 0 aliphatic carbocycles. The van der Waals surface area contributed by atoms with E-state index in [0.717, 1.165) is 34.5 Å². The first kappa shape index (κ1) is 15.0. The number of rotatable bonds is 4. The summed E-state index contributed by atoms with van der Waals surface area (Å²) in [5.74, 6) is -0.123. The molecule has 0 aliphatic rings. The Morgan fingerprint density at radius 3 is 2.22 bits per heavy atom. The van der Waals surface area contributed by atoms with Crippen molar-refractivity contribution < 1.29 is 10.2 Å². The molecule has 0 amide bonds. The first-order valence-corrected chi connectivity index (χ1v) is 7.51. The van der Waals surface area contributed by atoms with Crippen LogP contribution in [0.3, 0.4) is 0 Å². The highest BCUT2D eigenvalue weighted by Crippen LogP contribution is 2.29. The van der Waals surface area contributed by atoms with Crippen LogP contribution >= 0.6 is 0 Å². The summed E-state index contributed by atoms with van der Waals surface area (Å²) in [6.45, 7) is 2.00. The summed E-state index contributed by atoms with van der Waals surface area (Å²) in [7, 11) is 0. The zero-order chi connectivity index (χ0) is 16.2. The van der Waals surface area contributed by atoms with Crippen LogP contribution in [-0.2, 0) is 12.8 Å². The second-order valence-corrected chi connectivity index (χ2v) is 5.56. The van der Waals surface area contributed by atoms with Gasteiger partial charge in [-0.25, -0.2) is 0 Å². The van der Waals surface area contributed by atoms with Gasteiger partial charge in [0.25, 0.3) is 0 Å². The summed E-state index contributed by atoms with van der Waals surface area (Å²) in [5, 5.41) is 19.3. The maximum atomic E-state index is 9.82. The van der Waals surface area contributed by atoms with E-state index in [1.807, 2.05) is 49.6 Å². The largest absolute Gasteiger partial charge is 0.504 e. The monoisotopic (exact) mass is 306 g/mol. The smallest absolute Gasteiger partial charge is 0.160 e. The van der Waals surface area contributed by atoms with Crippen molar-refractivity contribution in [3.8, 4) is 22.9 Å². The van der Waals surface area contributed by atoms with Crippen LogP contribution in [0.25, 0.3) is 11.4 Å². The summed E-state index contributed by atoms with van der Waals surface area (Å²) in [4.78, 5) is 8.83.